The van der Waals surface area contributed by atoms with Gasteiger partial charge in [-0.05, 0) is 37.7 Å². The second-order valence-corrected chi connectivity index (χ2v) is 8.74. The molecule has 0 aliphatic carbocycles. The Hall–Kier alpha value is 3.93. The zero-order chi connectivity index (χ0) is 16.6. The van der Waals surface area contributed by atoms with Gasteiger partial charge in [0.15, 0.2) is 4.99 Å². The van der Waals surface area contributed by atoms with Gasteiger partial charge in [0.1, 0.15) is 0 Å². The molecule has 0 bridgehead atoms. The third kappa shape index (κ3) is 16.3. The summed E-state index contributed by atoms with van der Waals surface area (Å²) in [5.74, 6) is 0. The molecule has 0 aliphatic heterocycles. The second-order valence-electron chi connectivity index (χ2n) is 4.99. The van der Waals surface area contributed by atoms with Crippen LogP contribution in [0.5, 0.6) is 0 Å². The normalized spacial score (nSPS) is 12.6. The summed E-state index contributed by atoms with van der Waals surface area (Å²) in [5.41, 5.74) is 1.22. The number of aryl methyl sites for hydroxylation is 1. The number of hydrogen-bond acceptors (Lipinski definition) is 3. The monoisotopic (exact) mass is 468 g/mol. The van der Waals surface area contributed by atoms with Crippen molar-refractivity contribution in [1.29, 1.82) is 0 Å². The van der Waals surface area contributed by atoms with E-state index in [1.807, 2.05) is 42.5 Å². The van der Waals surface area contributed by atoms with E-state index in [1.165, 1.54) is 5.56 Å². The van der Waals surface area contributed by atoms with Crippen LogP contribution in [-0.2, 0) is 21.1 Å². The van der Waals surface area contributed by atoms with Crippen molar-refractivity contribution in [2.75, 3.05) is 0 Å². The molecule has 0 spiro atoms. The number of allylic oxidation sites excluding steroid dienone is 2. The van der Waals surface area contributed by atoms with E-state index in [0.29, 0.717) is 6.42 Å². The van der Waals surface area contributed by atoms with Crippen LogP contribution in [0.3, 0.4) is 0 Å². The fourth-order valence-corrected chi connectivity index (χ4v) is 4.40. The van der Waals surface area contributed by atoms with Gasteiger partial charge in [-0.25, -0.2) is 0 Å². The van der Waals surface area contributed by atoms with Crippen molar-refractivity contribution < 1.29 is 27.3 Å². The van der Waals surface area contributed by atoms with Crippen LogP contribution in [0.4, 0.5) is 0 Å². The molecule has 1 rings (SSSR count). The van der Waals surface area contributed by atoms with Gasteiger partial charge >= 0.3 is 162 Å². The van der Waals surface area contributed by atoms with E-state index in [4.69, 9.17) is 14.3 Å². The predicted octanol–water partition coefficient (Wildman–Crippen LogP) is 0.792. The third-order valence-electron chi connectivity index (χ3n) is 3.15. The Balaban J connectivity index is -0.00000161. The molecule has 0 aromatic heterocycles. The molecule has 0 amide bonds. The van der Waals surface area contributed by atoms with Crippen molar-refractivity contribution in [3.63, 3.8) is 0 Å². The summed E-state index contributed by atoms with van der Waals surface area (Å²) in [6.45, 7) is 0. The zero-order valence-electron chi connectivity index (χ0n) is 12.1. The van der Waals surface area contributed by atoms with Crippen LogP contribution in [-0.4, -0.2) is 182 Å². The Morgan fingerprint density at radius 3 is 2.00 bits per heavy atom. The Labute approximate surface area is 277 Å². The van der Waals surface area contributed by atoms with Crippen molar-refractivity contribution in [1.82, 2.24) is 0 Å². The first kappa shape index (κ1) is 33.6. The first-order chi connectivity index (χ1) is 10.2. The molecule has 6 nitrogen and oxygen atoms in total. The van der Waals surface area contributed by atoms with E-state index in [-0.39, 0.29) is 167 Å². The van der Waals surface area contributed by atoms with Gasteiger partial charge in [-0.15, -0.1) is 0 Å². The number of rotatable bonds is 9. The summed E-state index contributed by atoms with van der Waals surface area (Å²) >= 11 is 0. The van der Waals surface area contributed by atoms with Crippen molar-refractivity contribution in [2.45, 2.75) is 37.1 Å². The molecule has 0 fully saturated rings. The summed E-state index contributed by atoms with van der Waals surface area (Å²) in [7, 11) is -9.60. The topological polar surface area (TPSA) is 112 Å². The molecule has 0 saturated heterocycles. The number of benzene rings is 1. The summed E-state index contributed by atoms with van der Waals surface area (Å²) in [5, 5.41) is 0. The van der Waals surface area contributed by atoms with Gasteiger partial charge in [-0.1, -0.05) is 42.5 Å². The Bertz CT molecular complexity index is 633. The van der Waals surface area contributed by atoms with E-state index in [0.717, 1.165) is 12.8 Å². The summed E-state index contributed by atoms with van der Waals surface area (Å²) in [4.78, 5) is 15.8. The van der Waals surface area contributed by atoms with Crippen LogP contribution in [0.2, 0.25) is 0 Å². The molecule has 0 heterocycles. The molecule has 1 unspecified atom stereocenters. The van der Waals surface area contributed by atoms with Gasteiger partial charge in [-0.2, -0.15) is 8.42 Å². The average molecular weight is 469 g/mol. The second kappa shape index (κ2) is 17.6. The standard InChI is InChI=1S/C14H21O6PS.3K.3H/c15-21(16,17)14(22(18,19)20)12-8-3-1-2-5-9-13-10-6-4-7-11-13;;;;;;/h1-2,4,6-7,10-11,14H,3,5,8-9,12H2,(H2,15,16,17)(H,18,19,20);;;;;;/b2-1+;;;;;;. The van der Waals surface area contributed by atoms with Crippen molar-refractivity contribution in [2.24, 2.45) is 0 Å². The summed E-state index contributed by atoms with van der Waals surface area (Å²) in [6, 6.07) is 9.95. The van der Waals surface area contributed by atoms with E-state index in [1.54, 1.807) is 0 Å². The molecule has 0 aliphatic rings. The van der Waals surface area contributed by atoms with E-state index < -0.39 is 22.7 Å². The zero-order valence-corrected chi connectivity index (χ0v) is 13.8. The van der Waals surface area contributed by atoms with Gasteiger partial charge in [0.05, 0.1) is 0 Å². The third-order valence-corrected chi connectivity index (χ3v) is 6.70. The number of unbranched alkanes of at least 4 members (excludes halogenated alkanes) is 1. The Morgan fingerprint density at radius 1 is 1.00 bits per heavy atom. The molecular weight excluding hydrogens is 444 g/mol. The van der Waals surface area contributed by atoms with Crippen LogP contribution in [0, 0.1) is 0 Å². The molecule has 1 aromatic carbocycles. The fraction of sp³-hybridized carbons (Fsp3) is 0.429. The maximum absolute atomic E-state index is 11.0. The molecule has 0 saturated carbocycles. The van der Waals surface area contributed by atoms with Crippen LogP contribution in [0.1, 0.15) is 31.2 Å². The van der Waals surface area contributed by atoms with Gasteiger partial charge in [0.2, 0.25) is 0 Å². The van der Waals surface area contributed by atoms with Crippen molar-refractivity contribution in [3.05, 3.63) is 48.0 Å². The van der Waals surface area contributed by atoms with E-state index in [9.17, 15) is 13.0 Å². The fourth-order valence-electron chi connectivity index (χ4n) is 2.03. The predicted molar refractivity (Wildman–Crippen MR) is 107 cm³/mol. The Morgan fingerprint density at radius 2 is 1.52 bits per heavy atom. The molecule has 1 aromatic rings. The molecule has 3 N–H and O–H groups in total. The Kier molecular flexibility index (Phi) is 23.6. The van der Waals surface area contributed by atoms with Crippen molar-refractivity contribution >= 4 is 172 Å². The summed E-state index contributed by atoms with van der Waals surface area (Å²) in [6.07, 6.45) is 6.04. The molecule has 11 heteroatoms. The molecule has 25 heavy (non-hydrogen) atoms. The number of hydrogen-bond donors (Lipinski definition) is 3. The van der Waals surface area contributed by atoms with Gasteiger partial charge in [-0.3, -0.25) is 9.12 Å². The molecule has 0 radical (unpaired) electrons. The van der Waals surface area contributed by atoms with E-state index in [2.05, 4.69) is 0 Å². The minimum atomic E-state index is -4.86. The first-order valence-corrected chi connectivity index (χ1v) is 10.1. The average Bonchev–Trinajstić information content (AvgIpc) is 2.40. The SMILES string of the molecule is O=P(O)(O)C(CCC/C=C/CCc1ccccc1)S(=O)(=O)O.[KH].[KH].[KH]. The van der Waals surface area contributed by atoms with Gasteiger partial charge in [0, 0.05) is 0 Å². The summed E-state index contributed by atoms with van der Waals surface area (Å²) < 4.78 is 41.8. The maximum atomic E-state index is 11.0. The molecular formula is C14H24K3O6PS. The van der Waals surface area contributed by atoms with E-state index >= 15 is 0 Å². The quantitative estimate of drug-likeness (QED) is 0.162. The first-order valence-electron chi connectivity index (χ1n) is 6.91. The van der Waals surface area contributed by atoms with Crippen LogP contribution < -0.4 is 0 Å². The van der Waals surface area contributed by atoms with Crippen LogP contribution >= 0.6 is 7.60 Å². The van der Waals surface area contributed by atoms with Gasteiger partial charge in [0.25, 0.3) is 10.1 Å². The van der Waals surface area contributed by atoms with Crippen LogP contribution in [0.15, 0.2) is 42.5 Å². The molecule has 1 atom stereocenters. The molecule has 130 valence electrons. The van der Waals surface area contributed by atoms with Crippen molar-refractivity contribution in [3.8, 4) is 0 Å². The minimum absolute atomic E-state index is 0. The van der Waals surface area contributed by atoms with Gasteiger partial charge < -0.3 is 9.79 Å². The van der Waals surface area contributed by atoms with Crippen LogP contribution in [0.25, 0.3) is 0 Å².